The van der Waals surface area contributed by atoms with E-state index in [1.54, 1.807) is 0 Å². The number of nitrogens with two attached hydrogens (primary N) is 6. The summed E-state index contributed by atoms with van der Waals surface area (Å²) in [7, 11) is -28.3. The van der Waals surface area contributed by atoms with Crippen molar-refractivity contribution in [3.63, 3.8) is 0 Å². The highest BCUT2D eigenvalue weighted by molar-refractivity contribution is 7.46. The Morgan fingerprint density at radius 1 is 0.395 bits per heavy atom. The summed E-state index contributed by atoms with van der Waals surface area (Å²) in [4.78, 5) is 132. The highest BCUT2D eigenvalue weighted by atomic mass is 31.2. The molecule has 0 aliphatic carbocycles. The van der Waals surface area contributed by atoms with Crippen LogP contribution < -0.4 is 43.5 Å². The number of hydrogen-bond donors (Lipinski definition) is 22. The smallest absolute Gasteiger partial charge is 0.466 e. The van der Waals surface area contributed by atoms with Crippen LogP contribution in [-0.2, 0) is 27.4 Å². The van der Waals surface area contributed by atoms with Crippen molar-refractivity contribution in [2.24, 2.45) is 22.9 Å². The number of rotatable bonds is 0. The first-order chi connectivity index (χ1) is 15.5. The van der Waals surface area contributed by atoms with E-state index in [9.17, 15) is 0 Å². The fraction of sp³-hybridized carbons (Fsp3) is 0. The van der Waals surface area contributed by atoms with Gasteiger partial charge >= 0.3 is 51.0 Å². The molecule has 0 bridgehead atoms. The Morgan fingerprint density at radius 2 is 0.395 bits per heavy atom. The molecule has 0 saturated carbocycles. The fourth-order valence-electron chi connectivity index (χ4n) is 0. The van der Waals surface area contributed by atoms with E-state index in [4.69, 9.17) is 115 Å². The number of guanidine groups is 2. The number of phosphoric acid groups is 6. The lowest BCUT2D eigenvalue weighted by Crippen LogP contribution is -2.51. The van der Waals surface area contributed by atoms with Crippen LogP contribution in [0, 0.1) is 0 Å². The molecule has 0 aromatic rings. The monoisotopic (exact) mass is 706 g/mol. The summed E-state index contributed by atoms with van der Waals surface area (Å²) >= 11 is 0. The van der Waals surface area contributed by atoms with E-state index in [1.165, 1.54) is 0 Å². The van der Waals surface area contributed by atoms with Gasteiger partial charge < -0.3 is 92.6 Å². The lowest BCUT2D eigenvalue weighted by atomic mass is 11.1. The van der Waals surface area contributed by atoms with Crippen LogP contribution in [0.15, 0.2) is 0 Å². The summed E-state index contributed by atoms with van der Waals surface area (Å²) < 4.78 is 53.1. The Kier molecular flexibility index (Phi) is 39.8. The highest BCUT2D eigenvalue weighted by Gasteiger charge is 2.01. The molecule has 28 N–H and O–H groups in total. The van der Waals surface area contributed by atoms with Crippen LogP contribution in [0.1, 0.15) is 0 Å². The summed E-state index contributed by atoms with van der Waals surface area (Å²) in [5.41, 5.74) is 18.3. The average molecular weight is 706 g/mol. The molecule has 0 amide bonds. The summed E-state index contributed by atoms with van der Waals surface area (Å²) in [6.07, 6.45) is 0. The normalized spacial score (nSPS) is 10.6. The first kappa shape index (κ1) is 57.2. The van der Waals surface area contributed by atoms with Gasteiger partial charge in [-0.2, -0.15) is 0 Å². The van der Waals surface area contributed by atoms with Gasteiger partial charge in [0.25, 0.3) is 0 Å². The molecular formula is C2H28N6O24P6. The molecular weight excluding hydrogens is 678 g/mol. The first-order valence-electron chi connectivity index (χ1n) is 6.39. The lowest BCUT2D eigenvalue weighted by Gasteiger charge is -2.19. The summed E-state index contributed by atoms with van der Waals surface area (Å²) in [5, 5.41) is 9.17. The van der Waals surface area contributed by atoms with Gasteiger partial charge in [0.1, 0.15) is 0 Å². The van der Waals surface area contributed by atoms with Gasteiger partial charge in [-0.1, -0.05) is 0 Å². The minimum absolute atomic E-state index is 0.0833. The van der Waals surface area contributed by atoms with Crippen LogP contribution in [0.4, 0.5) is 0 Å². The molecule has 0 atom stereocenters. The Hall–Kier alpha value is -0.800. The maximum absolute atomic E-state index is 8.88. The average Bonchev–Trinajstić information content (AvgIpc) is 2.20. The molecule has 0 aliphatic rings. The van der Waals surface area contributed by atoms with Gasteiger partial charge in [0, 0.05) is 0 Å². The third-order valence-corrected chi connectivity index (χ3v) is 0. The third kappa shape index (κ3) is 64300. The van der Waals surface area contributed by atoms with Crippen LogP contribution in [0.2, 0.25) is 0 Å². The molecule has 30 nitrogen and oxygen atoms in total. The van der Waals surface area contributed by atoms with E-state index in [2.05, 4.69) is 33.8 Å². The zero-order chi connectivity index (χ0) is 34.2. The SMILES string of the molecule is NC(N)=[NH2+].NC(N)=[NH2+].O=P(O)(O)O.O=P(O)(O)O.O=P(O)(O)O.O=P(O)(O)O.O=P(O)(O)O.O=P([O-])([O-])O. The first-order valence-corrected chi connectivity index (χ1v) is 15.7. The Balaban J connectivity index is -0.0000000452. The zero-order valence-corrected chi connectivity index (χ0v) is 22.9. The molecule has 0 aliphatic heterocycles. The van der Waals surface area contributed by atoms with Gasteiger partial charge in [-0.3, -0.25) is 33.8 Å². The van der Waals surface area contributed by atoms with Gasteiger partial charge in [-0.25, -0.2) is 22.8 Å². The second-order valence-electron chi connectivity index (χ2n) is 4.03. The maximum Gasteiger partial charge on any atom is 0.466 e. The standard InChI is InChI=1S/2CH5N3.6H3O4P/c2*2-1(3)4;6*1-5(2,3)4/h2*(H5,2,3,4);6*(H3,1,2,3,4). The van der Waals surface area contributed by atoms with Gasteiger partial charge in [0.15, 0.2) is 0 Å². The lowest BCUT2D eigenvalue weighted by molar-refractivity contribution is -0.337. The fourth-order valence-corrected chi connectivity index (χ4v) is 0. The predicted molar refractivity (Wildman–Crippen MR) is 112 cm³/mol. The molecule has 0 saturated heterocycles. The maximum atomic E-state index is 8.88. The third-order valence-electron chi connectivity index (χ3n) is 0. The molecule has 0 heterocycles. The molecule has 0 aromatic carbocycles. The largest absolute Gasteiger partial charge is 0.790 e. The summed E-state index contributed by atoms with van der Waals surface area (Å²) in [5.74, 6) is -0.167. The molecule has 0 unspecified atom stereocenters. The van der Waals surface area contributed by atoms with Crippen LogP contribution >= 0.6 is 46.9 Å². The molecule has 0 spiro atoms. The van der Waals surface area contributed by atoms with Crippen molar-refractivity contribution in [3.8, 4) is 0 Å². The van der Waals surface area contributed by atoms with Crippen LogP contribution in [0.3, 0.4) is 0 Å². The van der Waals surface area contributed by atoms with Gasteiger partial charge in [-0.15, -0.1) is 0 Å². The van der Waals surface area contributed by atoms with Crippen LogP contribution in [0.25, 0.3) is 0 Å². The van der Waals surface area contributed by atoms with Crippen molar-refractivity contribution in [3.05, 3.63) is 0 Å². The Bertz CT molecular complexity index is 640. The van der Waals surface area contributed by atoms with Crippen molar-refractivity contribution in [1.82, 2.24) is 0 Å². The molecule has 36 heteroatoms. The van der Waals surface area contributed by atoms with Crippen molar-refractivity contribution >= 4 is 58.9 Å². The molecule has 0 aromatic heterocycles. The molecule has 0 rings (SSSR count). The molecule has 0 radical (unpaired) electrons. The highest BCUT2D eigenvalue weighted by Crippen LogP contribution is 2.27. The summed E-state index contributed by atoms with van der Waals surface area (Å²) in [6.45, 7) is 0. The second kappa shape index (κ2) is 26.4. The Morgan fingerprint density at radius 3 is 0.395 bits per heavy atom. The van der Waals surface area contributed by atoms with Crippen molar-refractivity contribution in [2.45, 2.75) is 0 Å². The van der Waals surface area contributed by atoms with Gasteiger partial charge in [-0.05, 0) is 0 Å². The predicted octanol–water partition coefficient (Wildman–Crippen LogP) is -12.8. The minimum atomic E-state index is -5.14. The summed E-state index contributed by atoms with van der Waals surface area (Å²) in [6, 6.07) is 0. The van der Waals surface area contributed by atoms with Gasteiger partial charge in [0.05, 0.1) is 7.82 Å². The van der Waals surface area contributed by atoms with E-state index < -0.39 is 46.9 Å². The molecule has 0 fully saturated rings. The zero-order valence-electron chi connectivity index (χ0n) is 17.6. The van der Waals surface area contributed by atoms with E-state index in [1.807, 2.05) is 0 Å². The van der Waals surface area contributed by atoms with Crippen molar-refractivity contribution in [1.29, 1.82) is 0 Å². The van der Waals surface area contributed by atoms with Crippen LogP contribution in [-0.4, -0.2) is 90.2 Å². The topological polar surface area (TPSA) is 627 Å². The van der Waals surface area contributed by atoms with Crippen molar-refractivity contribution in [2.75, 3.05) is 0 Å². The van der Waals surface area contributed by atoms with Crippen LogP contribution in [0.5, 0.6) is 0 Å². The quantitative estimate of drug-likeness (QED) is 0.0631. The van der Waals surface area contributed by atoms with Gasteiger partial charge in [0.2, 0.25) is 0 Å². The van der Waals surface area contributed by atoms with Crippen molar-refractivity contribution < 1.29 is 126 Å². The van der Waals surface area contributed by atoms with E-state index >= 15 is 0 Å². The van der Waals surface area contributed by atoms with E-state index in [0.29, 0.717) is 0 Å². The molecule has 240 valence electrons. The van der Waals surface area contributed by atoms with E-state index in [-0.39, 0.29) is 11.9 Å². The Labute approximate surface area is 208 Å². The molecule has 38 heavy (non-hydrogen) atoms. The van der Waals surface area contributed by atoms with E-state index in [0.717, 1.165) is 0 Å². The minimum Gasteiger partial charge on any atom is -0.790 e. The number of hydrogen-bond acceptors (Lipinski definition) is 8. The second-order valence-corrected chi connectivity index (χ2v) is 10.1.